The topological polar surface area (TPSA) is 18.5 Å². The third kappa shape index (κ3) is 4.77. The van der Waals surface area contributed by atoms with Crippen LogP contribution in [0, 0.1) is 0 Å². The Bertz CT molecular complexity index is 467. The number of benzene rings is 1. The van der Waals surface area contributed by atoms with E-state index in [1.807, 2.05) is 13.0 Å². The van der Waals surface area contributed by atoms with Gasteiger partial charge in [-0.15, -0.1) is 0 Å². The van der Waals surface area contributed by atoms with Crippen LogP contribution in [0.4, 0.5) is 0 Å². The minimum absolute atomic E-state index is 0.537. The number of rotatable bonds is 7. The third-order valence-electron chi connectivity index (χ3n) is 2.54. The minimum atomic E-state index is -0.957. The smallest absolute Gasteiger partial charge is 0.255 e. The molecular weight excluding hydrogens is 588 g/mol. The summed E-state index contributed by atoms with van der Waals surface area (Å²) in [6.07, 6.45) is 2.06. The summed E-state index contributed by atoms with van der Waals surface area (Å²) in [5.74, 6) is 0. The average Bonchev–Trinajstić information content (AvgIpc) is 2.41. The number of alkyl halides is 1. The van der Waals surface area contributed by atoms with Crippen LogP contribution in [0.25, 0.3) is 0 Å². The molecule has 1 atom stereocenters. The molecule has 0 aliphatic heterocycles. The van der Waals surface area contributed by atoms with Gasteiger partial charge in [0.25, 0.3) is 4.70 Å². The number of ether oxygens (including phenoxy) is 2. The van der Waals surface area contributed by atoms with Gasteiger partial charge < -0.3 is 9.47 Å². The van der Waals surface area contributed by atoms with Crippen LogP contribution in [0.1, 0.15) is 32.3 Å². The summed E-state index contributed by atoms with van der Waals surface area (Å²) in [7, 11) is 0. The van der Waals surface area contributed by atoms with E-state index in [4.69, 9.17) is 9.47 Å². The molecule has 0 aliphatic rings. The Balaban J connectivity index is 3.20. The van der Waals surface area contributed by atoms with Crippen LogP contribution in [0.2, 0.25) is 0 Å². The Labute approximate surface area is 162 Å². The lowest BCUT2D eigenvalue weighted by Gasteiger charge is -2.29. The molecule has 0 radical (unpaired) electrons. The third-order valence-corrected chi connectivity index (χ3v) is 8.09. The lowest BCUT2D eigenvalue weighted by atomic mass is 10.2. The fourth-order valence-corrected chi connectivity index (χ4v) is 4.76. The van der Waals surface area contributed by atoms with Crippen molar-refractivity contribution in [2.45, 2.75) is 31.4 Å². The van der Waals surface area contributed by atoms with E-state index in [1.165, 1.54) is 0 Å². The molecule has 0 saturated heterocycles. The summed E-state index contributed by atoms with van der Waals surface area (Å²) < 4.78 is 14.4. The molecule has 1 aromatic carbocycles. The van der Waals surface area contributed by atoms with E-state index < -0.39 is 4.70 Å². The van der Waals surface area contributed by atoms with Crippen LogP contribution < -0.4 is 0 Å². The summed E-state index contributed by atoms with van der Waals surface area (Å²) in [6, 6.07) is 1.97. The standard InChI is InChI=1S/C13H15Br5O2/c1-3-5-6-20-13(18,19-4-2)8-7-9(14)11(16)12(17)10(8)15/h7H,3-6H2,1-2H3. The fraction of sp³-hybridized carbons (Fsp3) is 0.538. The van der Waals surface area contributed by atoms with Gasteiger partial charge >= 0.3 is 0 Å². The monoisotopic (exact) mass is 598 g/mol. The highest BCUT2D eigenvalue weighted by Crippen LogP contribution is 2.46. The van der Waals surface area contributed by atoms with Gasteiger partial charge in [-0.1, -0.05) is 13.3 Å². The van der Waals surface area contributed by atoms with Crippen molar-refractivity contribution in [2.24, 2.45) is 0 Å². The molecule has 1 unspecified atom stereocenters. The Kier molecular flexibility index (Phi) is 8.80. The van der Waals surface area contributed by atoms with Crippen LogP contribution >= 0.6 is 79.6 Å². The summed E-state index contributed by atoms with van der Waals surface area (Å²) in [4.78, 5) is 0. The summed E-state index contributed by atoms with van der Waals surface area (Å²) in [6.45, 7) is 5.23. The molecule has 0 fully saturated rings. The second kappa shape index (κ2) is 8.99. The highest BCUT2D eigenvalue weighted by Gasteiger charge is 2.34. The Hall–Kier alpha value is 1.54. The van der Waals surface area contributed by atoms with Crippen molar-refractivity contribution < 1.29 is 9.47 Å². The molecule has 1 rings (SSSR count). The quantitative estimate of drug-likeness (QED) is 0.109. The molecule has 2 nitrogen and oxygen atoms in total. The van der Waals surface area contributed by atoms with Gasteiger partial charge in [-0.3, -0.25) is 0 Å². The Morgan fingerprint density at radius 1 is 1.00 bits per heavy atom. The SMILES string of the molecule is CCCCOC(Br)(OCC)c1cc(Br)c(Br)c(Br)c1Br. The molecule has 0 heterocycles. The van der Waals surface area contributed by atoms with E-state index in [9.17, 15) is 0 Å². The summed E-state index contributed by atoms with van der Waals surface area (Å²) in [5, 5.41) is 0. The zero-order chi connectivity index (χ0) is 15.3. The van der Waals surface area contributed by atoms with Gasteiger partial charge in [0.2, 0.25) is 0 Å². The van der Waals surface area contributed by atoms with Gasteiger partial charge in [-0.25, -0.2) is 0 Å². The summed E-state index contributed by atoms with van der Waals surface area (Å²) >= 11 is 17.8. The first kappa shape index (κ1) is 19.6. The van der Waals surface area contributed by atoms with Crippen molar-refractivity contribution in [1.29, 1.82) is 0 Å². The first-order valence-corrected chi connectivity index (χ1v) is 10.1. The Morgan fingerprint density at radius 2 is 1.65 bits per heavy atom. The first-order valence-electron chi connectivity index (χ1n) is 6.17. The van der Waals surface area contributed by atoms with E-state index >= 15 is 0 Å². The van der Waals surface area contributed by atoms with Crippen LogP contribution in [-0.4, -0.2) is 13.2 Å². The van der Waals surface area contributed by atoms with Gasteiger partial charge in [0.1, 0.15) is 0 Å². The van der Waals surface area contributed by atoms with E-state index in [1.54, 1.807) is 0 Å². The lowest BCUT2D eigenvalue weighted by Crippen LogP contribution is -2.27. The molecule has 0 aliphatic carbocycles. The second-order valence-corrected chi connectivity index (χ2v) is 8.30. The summed E-state index contributed by atoms with van der Waals surface area (Å²) in [5.41, 5.74) is 0.873. The van der Waals surface area contributed by atoms with Crippen molar-refractivity contribution in [1.82, 2.24) is 0 Å². The highest BCUT2D eigenvalue weighted by molar-refractivity contribution is 9.15. The maximum absolute atomic E-state index is 5.93. The molecule has 114 valence electrons. The number of unbranched alkanes of at least 4 members (excludes halogenated alkanes) is 1. The molecule has 1 aromatic rings. The molecule has 0 bridgehead atoms. The second-order valence-electron chi connectivity index (χ2n) is 4.02. The predicted molar refractivity (Wildman–Crippen MR) is 100 cm³/mol. The molecule has 0 spiro atoms. The average molecular weight is 603 g/mol. The van der Waals surface area contributed by atoms with Gasteiger partial charge in [-0.05, 0) is 99.1 Å². The van der Waals surface area contributed by atoms with Crippen LogP contribution in [-0.2, 0) is 14.2 Å². The zero-order valence-corrected chi connectivity index (χ0v) is 19.0. The van der Waals surface area contributed by atoms with Crippen molar-refractivity contribution in [3.8, 4) is 0 Å². The highest BCUT2D eigenvalue weighted by atomic mass is 79.9. The maximum Gasteiger partial charge on any atom is 0.255 e. The van der Waals surface area contributed by atoms with Crippen LogP contribution in [0.3, 0.4) is 0 Å². The number of hydrogen-bond donors (Lipinski definition) is 0. The van der Waals surface area contributed by atoms with Crippen molar-refractivity contribution in [2.75, 3.05) is 13.2 Å². The van der Waals surface area contributed by atoms with Crippen molar-refractivity contribution >= 4 is 79.6 Å². The van der Waals surface area contributed by atoms with Crippen molar-refractivity contribution in [3.63, 3.8) is 0 Å². The number of halogens is 5. The van der Waals surface area contributed by atoms with E-state index in [2.05, 4.69) is 86.6 Å². The maximum atomic E-state index is 5.93. The van der Waals surface area contributed by atoms with E-state index in [0.717, 1.165) is 36.3 Å². The molecule has 0 aromatic heterocycles. The molecule has 0 N–H and O–H groups in total. The normalized spacial score (nSPS) is 14.3. The Morgan fingerprint density at radius 3 is 2.20 bits per heavy atom. The van der Waals surface area contributed by atoms with E-state index in [-0.39, 0.29) is 0 Å². The molecule has 20 heavy (non-hydrogen) atoms. The van der Waals surface area contributed by atoms with Gasteiger partial charge in [0.15, 0.2) is 0 Å². The predicted octanol–water partition coefficient (Wildman–Crippen LogP) is 7.10. The number of hydrogen-bond acceptors (Lipinski definition) is 2. The molecule has 0 saturated carbocycles. The minimum Gasteiger partial charge on any atom is -0.337 e. The molecule has 0 amide bonds. The van der Waals surface area contributed by atoms with Gasteiger partial charge in [0, 0.05) is 30.1 Å². The van der Waals surface area contributed by atoms with Gasteiger partial charge in [0.05, 0.1) is 6.61 Å². The molecular formula is C13H15Br5O2. The van der Waals surface area contributed by atoms with E-state index in [0.29, 0.717) is 13.2 Å². The van der Waals surface area contributed by atoms with Crippen LogP contribution in [0.5, 0.6) is 0 Å². The molecule has 7 heteroatoms. The first-order chi connectivity index (χ1) is 9.37. The van der Waals surface area contributed by atoms with Crippen LogP contribution in [0.15, 0.2) is 24.0 Å². The fourth-order valence-electron chi connectivity index (χ4n) is 1.52. The zero-order valence-electron chi connectivity index (χ0n) is 11.1. The van der Waals surface area contributed by atoms with Gasteiger partial charge in [-0.2, -0.15) is 0 Å². The van der Waals surface area contributed by atoms with Crippen molar-refractivity contribution in [3.05, 3.63) is 29.5 Å². The lowest BCUT2D eigenvalue weighted by molar-refractivity contribution is -0.170. The largest absolute Gasteiger partial charge is 0.337 e.